The summed E-state index contributed by atoms with van der Waals surface area (Å²) in [6.07, 6.45) is 2.90. The van der Waals surface area contributed by atoms with E-state index in [1.807, 2.05) is 18.5 Å². The molecule has 0 spiro atoms. The van der Waals surface area contributed by atoms with Crippen molar-refractivity contribution in [2.24, 2.45) is 5.92 Å². The van der Waals surface area contributed by atoms with Crippen molar-refractivity contribution in [2.75, 3.05) is 26.4 Å². The molecule has 9 heteroatoms. The average Bonchev–Trinajstić information content (AvgIpc) is 3.10. The number of ether oxygens (including phenoxy) is 2. The first kappa shape index (κ1) is 24.2. The van der Waals surface area contributed by atoms with Gasteiger partial charge in [-0.15, -0.1) is 0 Å². The van der Waals surface area contributed by atoms with Crippen molar-refractivity contribution < 1.29 is 23.5 Å². The standard InChI is InChI=1S/C23H29ClFN3O4/c1-3-19-21-20(6-4-10-31-11-5-9-26-22(21)29)28(27-19)13-15(2)14-32-23(30)16-7-8-18(25)17(24)12-16/h7-8,12,15H,3-6,9-11,13-14H2,1-2H3,(H,26,29)/t15-/m1/s1. The normalized spacial score (nSPS) is 15.9. The first-order valence-corrected chi connectivity index (χ1v) is 11.3. The molecule has 1 N–H and O–H groups in total. The van der Waals surface area contributed by atoms with Crippen LogP contribution in [0.4, 0.5) is 4.39 Å². The second kappa shape index (κ2) is 11.4. The molecule has 1 aromatic heterocycles. The van der Waals surface area contributed by atoms with Gasteiger partial charge in [0, 0.05) is 32.2 Å². The summed E-state index contributed by atoms with van der Waals surface area (Å²) in [5, 5.41) is 7.53. The van der Waals surface area contributed by atoms with Crippen LogP contribution in [0.3, 0.4) is 0 Å². The number of benzene rings is 1. The van der Waals surface area contributed by atoms with Gasteiger partial charge in [-0.05, 0) is 43.9 Å². The van der Waals surface area contributed by atoms with E-state index in [1.54, 1.807) is 0 Å². The molecule has 0 saturated heterocycles. The molecule has 1 aliphatic rings. The highest BCUT2D eigenvalue weighted by molar-refractivity contribution is 6.31. The zero-order valence-electron chi connectivity index (χ0n) is 18.5. The molecule has 2 heterocycles. The topological polar surface area (TPSA) is 82.5 Å². The van der Waals surface area contributed by atoms with E-state index in [9.17, 15) is 14.0 Å². The summed E-state index contributed by atoms with van der Waals surface area (Å²) >= 11 is 5.74. The SMILES string of the molecule is CCc1nn(C[C@@H](C)COC(=O)c2ccc(F)c(Cl)c2)c2c1C(=O)NCCCOCCC2. The molecule has 1 aliphatic heterocycles. The van der Waals surface area contributed by atoms with Crippen LogP contribution in [0.5, 0.6) is 0 Å². The monoisotopic (exact) mass is 465 g/mol. The highest BCUT2D eigenvalue weighted by atomic mass is 35.5. The summed E-state index contributed by atoms with van der Waals surface area (Å²) in [4.78, 5) is 25.1. The predicted molar refractivity (Wildman–Crippen MR) is 119 cm³/mol. The van der Waals surface area contributed by atoms with Gasteiger partial charge in [0.25, 0.3) is 5.91 Å². The van der Waals surface area contributed by atoms with Gasteiger partial charge in [-0.25, -0.2) is 9.18 Å². The van der Waals surface area contributed by atoms with Gasteiger partial charge < -0.3 is 14.8 Å². The van der Waals surface area contributed by atoms with E-state index in [4.69, 9.17) is 26.2 Å². The summed E-state index contributed by atoms with van der Waals surface area (Å²) in [7, 11) is 0. The van der Waals surface area contributed by atoms with Gasteiger partial charge in [0.1, 0.15) is 5.82 Å². The fourth-order valence-electron chi connectivity index (χ4n) is 3.65. The number of hydrogen-bond acceptors (Lipinski definition) is 5. The van der Waals surface area contributed by atoms with Gasteiger partial charge in [0.15, 0.2) is 0 Å². The molecule has 1 aromatic carbocycles. The Kier molecular flexibility index (Phi) is 8.64. The third-order valence-electron chi connectivity index (χ3n) is 5.28. The van der Waals surface area contributed by atoms with Gasteiger partial charge in [-0.2, -0.15) is 5.10 Å². The second-order valence-electron chi connectivity index (χ2n) is 7.96. The summed E-state index contributed by atoms with van der Waals surface area (Å²) in [5.41, 5.74) is 2.50. The average molecular weight is 466 g/mol. The van der Waals surface area contributed by atoms with E-state index < -0.39 is 11.8 Å². The molecule has 1 amide bonds. The largest absolute Gasteiger partial charge is 0.462 e. The Morgan fingerprint density at radius 2 is 2.16 bits per heavy atom. The smallest absolute Gasteiger partial charge is 0.338 e. The van der Waals surface area contributed by atoms with Crippen LogP contribution in [0.15, 0.2) is 18.2 Å². The molecule has 3 rings (SSSR count). The molecule has 7 nitrogen and oxygen atoms in total. The minimum atomic E-state index is -0.588. The third kappa shape index (κ3) is 6.07. The lowest BCUT2D eigenvalue weighted by Gasteiger charge is -2.15. The Morgan fingerprint density at radius 3 is 2.91 bits per heavy atom. The van der Waals surface area contributed by atoms with E-state index in [0.29, 0.717) is 44.7 Å². The number of esters is 1. The Morgan fingerprint density at radius 1 is 1.38 bits per heavy atom. The number of fused-ring (bicyclic) bond motifs is 1. The molecule has 0 bridgehead atoms. The fourth-order valence-corrected chi connectivity index (χ4v) is 3.83. The van der Waals surface area contributed by atoms with E-state index in [2.05, 4.69) is 5.32 Å². The van der Waals surface area contributed by atoms with Gasteiger partial charge in [0.2, 0.25) is 0 Å². The molecule has 2 aromatic rings. The summed E-state index contributed by atoms with van der Waals surface area (Å²) in [6, 6.07) is 3.73. The molecule has 0 radical (unpaired) electrons. The first-order valence-electron chi connectivity index (χ1n) is 11.0. The van der Waals surface area contributed by atoms with Crippen LogP contribution in [0, 0.1) is 11.7 Å². The van der Waals surface area contributed by atoms with Gasteiger partial charge >= 0.3 is 5.97 Å². The minimum Gasteiger partial charge on any atom is -0.462 e. The fraction of sp³-hybridized carbons (Fsp3) is 0.522. The second-order valence-corrected chi connectivity index (χ2v) is 8.37. The molecule has 174 valence electrons. The Bertz CT molecular complexity index is 963. The Balaban J connectivity index is 1.70. The Hall–Kier alpha value is -2.45. The first-order chi connectivity index (χ1) is 15.4. The quantitative estimate of drug-likeness (QED) is 0.656. The summed E-state index contributed by atoms with van der Waals surface area (Å²) in [5.74, 6) is -1.31. The molecule has 0 aliphatic carbocycles. The zero-order valence-corrected chi connectivity index (χ0v) is 19.2. The number of aryl methyl sites for hydroxylation is 1. The van der Waals surface area contributed by atoms with Crippen molar-refractivity contribution in [1.29, 1.82) is 0 Å². The number of carbonyl (C=O) groups is 2. The maximum Gasteiger partial charge on any atom is 0.338 e. The van der Waals surface area contributed by atoms with Crippen LogP contribution >= 0.6 is 11.6 Å². The van der Waals surface area contributed by atoms with E-state index in [-0.39, 0.29) is 29.0 Å². The number of halogens is 2. The van der Waals surface area contributed by atoms with Crippen molar-refractivity contribution in [3.8, 4) is 0 Å². The predicted octanol–water partition coefficient (Wildman–Crippen LogP) is 3.81. The van der Waals surface area contributed by atoms with Crippen LogP contribution < -0.4 is 5.32 Å². The lowest BCUT2D eigenvalue weighted by molar-refractivity contribution is 0.0435. The van der Waals surface area contributed by atoms with Crippen LogP contribution in [0.2, 0.25) is 5.02 Å². The minimum absolute atomic E-state index is 0.0546. The van der Waals surface area contributed by atoms with Crippen molar-refractivity contribution in [2.45, 2.75) is 46.1 Å². The molecular formula is C23H29ClFN3O4. The lowest BCUT2D eigenvalue weighted by Crippen LogP contribution is -2.27. The number of hydrogen-bond donors (Lipinski definition) is 1. The van der Waals surface area contributed by atoms with E-state index in [0.717, 1.165) is 30.3 Å². The molecule has 0 unspecified atom stereocenters. The molecular weight excluding hydrogens is 437 g/mol. The number of aromatic nitrogens is 2. The van der Waals surface area contributed by atoms with Crippen molar-refractivity contribution in [3.05, 3.63) is 51.6 Å². The molecule has 32 heavy (non-hydrogen) atoms. The highest BCUT2D eigenvalue weighted by Crippen LogP contribution is 2.20. The van der Waals surface area contributed by atoms with E-state index in [1.165, 1.54) is 12.1 Å². The molecule has 0 fully saturated rings. The van der Waals surface area contributed by atoms with Gasteiger partial charge in [0.05, 0.1) is 34.1 Å². The Labute approximate surface area is 192 Å². The number of rotatable bonds is 6. The van der Waals surface area contributed by atoms with Crippen molar-refractivity contribution in [3.63, 3.8) is 0 Å². The van der Waals surface area contributed by atoms with E-state index >= 15 is 0 Å². The maximum absolute atomic E-state index is 13.3. The van der Waals surface area contributed by atoms with Crippen molar-refractivity contribution >= 4 is 23.5 Å². The van der Waals surface area contributed by atoms with Gasteiger partial charge in [-0.1, -0.05) is 25.4 Å². The van der Waals surface area contributed by atoms with Gasteiger partial charge in [-0.3, -0.25) is 9.48 Å². The van der Waals surface area contributed by atoms with Crippen molar-refractivity contribution in [1.82, 2.24) is 15.1 Å². The maximum atomic E-state index is 13.3. The third-order valence-corrected chi connectivity index (χ3v) is 5.57. The van der Waals surface area contributed by atoms with Crippen LogP contribution in [-0.2, 0) is 28.9 Å². The van der Waals surface area contributed by atoms with Crippen LogP contribution in [-0.4, -0.2) is 48.0 Å². The molecule has 0 saturated carbocycles. The number of amides is 1. The summed E-state index contributed by atoms with van der Waals surface area (Å²) < 4.78 is 26.2. The zero-order chi connectivity index (χ0) is 23.1. The number of carbonyl (C=O) groups excluding carboxylic acids is 2. The summed E-state index contributed by atoms with van der Waals surface area (Å²) in [6.45, 7) is 6.39. The number of nitrogens with one attached hydrogen (secondary N) is 1. The highest BCUT2D eigenvalue weighted by Gasteiger charge is 2.24. The lowest BCUT2D eigenvalue weighted by atomic mass is 10.1. The molecule has 1 atom stereocenters. The number of nitrogens with zero attached hydrogens (tertiary/aromatic N) is 2. The van der Waals surface area contributed by atoms with Crippen LogP contribution in [0.1, 0.15) is 58.8 Å². The van der Waals surface area contributed by atoms with Crippen LogP contribution in [0.25, 0.3) is 0 Å².